The lowest BCUT2D eigenvalue weighted by molar-refractivity contribution is -0.384. The highest BCUT2D eigenvalue weighted by Gasteiger charge is 2.24. The molecule has 0 aromatic carbocycles. The second kappa shape index (κ2) is 5.62. The largest absolute Gasteiger partial charge is 0.393 e. The second-order valence-corrected chi connectivity index (χ2v) is 5.41. The fourth-order valence-electron chi connectivity index (χ4n) is 2.18. The van der Waals surface area contributed by atoms with Gasteiger partial charge in [0.25, 0.3) is 0 Å². The van der Waals surface area contributed by atoms with Crippen LogP contribution >= 0.6 is 15.9 Å². The minimum Gasteiger partial charge on any atom is -0.393 e. The van der Waals surface area contributed by atoms with Crippen molar-refractivity contribution < 1.29 is 10.0 Å². The zero-order chi connectivity index (χ0) is 13.1. The van der Waals surface area contributed by atoms with Crippen LogP contribution in [0.15, 0.2) is 16.7 Å². The number of nitrogens with zero attached hydrogens (tertiary/aromatic N) is 2. The van der Waals surface area contributed by atoms with Crippen LogP contribution in [0.5, 0.6) is 0 Å². The highest BCUT2D eigenvalue weighted by molar-refractivity contribution is 9.10. The van der Waals surface area contributed by atoms with E-state index < -0.39 is 4.92 Å². The molecule has 0 amide bonds. The van der Waals surface area contributed by atoms with E-state index in [9.17, 15) is 15.2 Å². The summed E-state index contributed by atoms with van der Waals surface area (Å²) in [5.41, 5.74) is -0.0390. The minimum absolute atomic E-state index is 0.0390. The Morgan fingerprint density at radius 1 is 1.61 bits per heavy atom. The lowest BCUT2D eigenvalue weighted by atomic mass is 10.1. The number of aliphatic hydroxyl groups is 1. The maximum Gasteiger partial charge on any atom is 0.312 e. The molecule has 1 aliphatic carbocycles. The van der Waals surface area contributed by atoms with Crippen molar-refractivity contribution in [3.05, 3.63) is 26.9 Å². The number of rotatable bonds is 4. The number of nitro groups is 1. The number of pyridine rings is 1. The van der Waals surface area contributed by atoms with E-state index in [1.165, 1.54) is 12.3 Å². The van der Waals surface area contributed by atoms with Crippen molar-refractivity contribution in [2.45, 2.75) is 25.4 Å². The van der Waals surface area contributed by atoms with Gasteiger partial charge in [0.05, 0.1) is 11.0 Å². The molecule has 2 unspecified atom stereocenters. The van der Waals surface area contributed by atoms with Crippen molar-refractivity contribution in [3.8, 4) is 0 Å². The van der Waals surface area contributed by atoms with Crippen LogP contribution in [0.4, 0.5) is 11.5 Å². The number of aromatic nitrogens is 1. The average Bonchev–Trinajstić information content (AvgIpc) is 2.73. The first-order valence-electron chi connectivity index (χ1n) is 5.78. The Balaban J connectivity index is 2.02. The Labute approximate surface area is 113 Å². The van der Waals surface area contributed by atoms with Gasteiger partial charge in [-0.15, -0.1) is 0 Å². The quantitative estimate of drug-likeness (QED) is 0.657. The van der Waals surface area contributed by atoms with Crippen LogP contribution in [0.3, 0.4) is 0 Å². The van der Waals surface area contributed by atoms with Gasteiger partial charge in [-0.2, -0.15) is 0 Å². The molecule has 0 saturated heterocycles. The average molecular weight is 316 g/mol. The molecule has 1 saturated carbocycles. The Kier molecular flexibility index (Phi) is 4.13. The monoisotopic (exact) mass is 315 g/mol. The highest BCUT2D eigenvalue weighted by atomic mass is 79.9. The molecule has 1 aliphatic rings. The molecule has 0 aliphatic heterocycles. The van der Waals surface area contributed by atoms with Gasteiger partial charge in [-0.3, -0.25) is 10.1 Å². The lowest BCUT2D eigenvalue weighted by Crippen LogP contribution is -2.14. The summed E-state index contributed by atoms with van der Waals surface area (Å²) < 4.78 is 0.580. The summed E-state index contributed by atoms with van der Waals surface area (Å²) in [5, 5.41) is 23.3. The summed E-state index contributed by atoms with van der Waals surface area (Å²) in [6.07, 6.45) is 3.79. The highest BCUT2D eigenvalue weighted by Crippen LogP contribution is 2.28. The molecule has 2 rings (SSSR count). The Bertz CT molecular complexity index is 455. The molecule has 2 N–H and O–H groups in total. The number of halogens is 1. The minimum atomic E-state index is -0.455. The molecule has 1 aromatic rings. The van der Waals surface area contributed by atoms with E-state index in [0.29, 0.717) is 16.9 Å². The predicted molar refractivity (Wildman–Crippen MR) is 70.4 cm³/mol. The van der Waals surface area contributed by atoms with Gasteiger partial charge in [-0.05, 0) is 41.1 Å². The number of aliphatic hydroxyl groups excluding tert-OH is 1. The van der Waals surface area contributed by atoms with Crippen LogP contribution in [0.25, 0.3) is 0 Å². The number of hydrogen-bond donors (Lipinski definition) is 2. The predicted octanol–water partition coefficient (Wildman–Crippen LogP) is 2.33. The number of anilines is 1. The second-order valence-electron chi connectivity index (χ2n) is 4.49. The zero-order valence-corrected chi connectivity index (χ0v) is 11.3. The van der Waals surface area contributed by atoms with Crippen LogP contribution in [0.1, 0.15) is 19.3 Å². The van der Waals surface area contributed by atoms with E-state index in [1.807, 2.05) is 0 Å². The Hall–Kier alpha value is -1.21. The van der Waals surface area contributed by atoms with Crippen molar-refractivity contribution in [1.29, 1.82) is 0 Å². The van der Waals surface area contributed by atoms with Gasteiger partial charge >= 0.3 is 5.69 Å². The zero-order valence-electron chi connectivity index (χ0n) is 9.67. The van der Waals surface area contributed by atoms with Crippen molar-refractivity contribution in [3.63, 3.8) is 0 Å². The molecule has 1 fully saturated rings. The topological polar surface area (TPSA) is 88.3 Å². The van der Waals surface area contributed by atoms with E-state index in [4.69, 9.17) is 0 Å². The molecule has 1 aromatic heterocycles. The smallest absolute Gasteiger partial charge is 0.312 e. The maximum atomic E-state index is 10.9. The third kappa shape index (κ3) is 3.17. The van der Waals surface area contributed by atoms with Crippen molar-refractivity contribution in [1.82, 2.24) is 4.98 Å². The van der Waals surface area contributed by atoms with E-state index in [1.54, 1.807) is 0 Å². The first kappa shape index (κ1) is 13.2. The van der Waals surface area contributed by atoms with Gasteiger partial charge in [-0.25, -0.2) is 4.98 Å². The molecule has 2 atom stereocenters. The van der Waals surface area contributed by atoms with Gasteiger partial charge in [0.2, 0.25) is 5.82 Å². The van der Waals surface area contributed by atoms with Crippen LogP contribution in [0, 0.1) is 16.0 Å². The molecule has 6 nitrogen and oxygen atoms in total. The summed E-state index contributed by atoms with van der Waals surface area (Å²) >= 11 is 3.16. The van der Waals surface area contributed by atoms with Gasteiger partial charge < -0.3 is 10.4 Å². The first-order valence-corrected chi connectivity index (χ1v) is 6.57. The SMILES string of the molecule is O=[N+]([O-])c1cc(Br)cnc1NCC1CCC(O)C1. The van der Waals surface area contributed by atoms with Crippen LogP contribution in [-0.2, 0) is 0 Å². The fourth-order valence-corrected chi connectivity index (χ4v) is 2.50. The molecule has 98 valence electrons. The molecule has 7 heteroatoms. The first-order chi connectivity index (χ1) is 8.56. The van der Waals surface area contributed by atoms with Gasteiger partial charge in [-0.1, -0.05) is 0 Å². The molecule has 0 radical (unpaired) electrons. The van der Waals surface area contributed by atoms with Gasteiger partial charge in [0, 0.05) is 23.3 Å². The van der Waals surface area contributed by atoms with Crippen LogP contribution in [-0.4, -0.2) is 27.7 Å². The van der Waals surface area contributed by atoms with E-state index >= 15 is 0 Å². The molecular weight excluding hydrogens is 302 g/mol. The molecule has 18 heavy (non-hydrogen) atoms. The lowest BCUT2D eigenvalue weighted by Gasteiger charge is -2.11. The third-order valence-corrected chi connectivity index (χ3v) is 3.54. The molecule has 0 spiro atoms. The van der Waals surface area contributed by atoms with Gasteiger partial charge in [0.1, 0.15) is 0 Å². The fraction of sp³-hybridized carbons (Fsp3) is 0.545. The Morgan fingerprint density at radius 3 is 3.00 bits per heavy atom. The molecular formula is C11H14BrN3O3. The van der Waals surface area contributed by atoms with Crippen LogP contribution < -0.4 is 5.32 Å². The van der Waals surface area contributed by atoms with Crippen molar-refractivity contribution in [2.24, 2.45) is 5.92 Å². The summed E-state index contributed by atoms with van der Waals surface area (Å²) in [4.78, 5) is 14.4. The summed E-state index contributed by atoms with van der Waals surface area (Å²) in [5.74, 6) is 0.634. The Morgan fingerprint density at radius 2 is 2.39 bits per heavy atom. The maximum absolute atomic E-state index is 10.9. The third-order valence-electron chi connectivity index (χ3n) is 3.10. The van der Waals surface area contributed by atoms with Gasteiger partial charge in [0.15, 0.2) is 0 Å². The van der Waals surface area contributed by atoms with Crippen molar-refractivity contribution >= 4 is 27.4 Å². The summed E-state index contributed by atoms with van der Waals surface area (Å²) in [7, 11) is 0. The summed E-state index contributed by atoms with van der Waals surface area (Å²) in [6.45, 7) is 0.604. The van der Waals surface area contributed by atoms with Crippen molar-refractivity contribution in [2.75, 3.05) is 11.9 Å². The molecule has 0 bridgehead atoms. The van der Waals surface area contributed by atoms with E-state index in [0.717, 1.165) is 19.3 Å². The number of hydrogen-bond acceptors (Lipinski definition) is 5. The van der Waals surface area contributed by atoms with E-state index in [-0.39, 0.29) is 17.6 Å². The van der Waals surface area contributed by atoms with E-state index in [2.05, 4.69) is 26.2 Å². The summed E-state index contributed by atoms with van der Waals surface area (Å²) in [6, 6.07) is 1.43. The van der Waals surface area contributed by atoms with Crippen LogP contribution in [0.2, 0.25) is 0 Å². The standard InChI is InChI=1S/C11H14BrN3O3/c12-8-4-10(15(17)18)11(14-6-8)13-5-7-1-2-9(16)3-7/h4,6-7,9,16H,1-3,5H2,(H,13,14). The molecule has 1 heterocycles. The number of nitrogens with one attached hydrogen (secondary N) is 1. The normalized spacial score (nSPS) is 23.0.